The van der Waals surface area contributed by atoms with Gasteiger partial charge in [-0.2, -0.15) is 0 Å². The van der Waals surface area contributed by atoms with Gasteiger partial charge in [-0.3, -0.25) is 9.59 Å². The fourth-order valence-corrected chi connectivity index (χ4v) is 4.43. The normalized spacial score (nSPS) is 24.3. The number of amides is 2. The molecule has 1 aromatic rings. The molecule has 1 N–H and O–H groups in total. The fraction of sp³-hybridized carbons (Fsp3) is 0.619. The molecule has 2 aliphatic rings. The van der Waals surface area contributed by atoms with Crippen LogP contribution in [0.25, 0.3) is 0 Å². The van der Waals surface area contributed by atoms with Crippen molar-refractivity contribution in [1.29, 1.82) is 0 Å². The van der Waals surface area contributed by atoms with Crippen molar-refractivity contribution < 1.29 is 9.59 Å². The van der Waals surface area contributed by atoms with Gasteiger partial charge in [-0.15, -0.1) is 0 Å². The molecule has 136 valence electrons. The van der Waals surface area contributed by atoms with Crippen LogP contribution in [-0.4, -0.2) is 29.8 Å². The minimum atomic E-state index is -0.241. The standard InChI is InChI=1S/C21H30N2O2/c1-15-7-9-18(10-8-15)20(22-16(2)24)13-21(25)23-12-11-17-5-3-4-6-19(17)14-23/h7-10,17,19-20H,3-6,11-14H2,1-2H3,(H,22,24). The summed E-state index contributed by atoms with van der Waals surface area (Å²) in [4.78, 5) is 26.5. The third-order valence-corrected chi connectivity index (χ3v) is 5.88. The van der Waals surface area contributed by atoms with E-state index < -0.39 is 0 Å². The number of hydrogen-bond acceptors (Lipinski definition) is 2. The summed E-state index contributed by atoms with van der Waals surface area (Å²) in [5, 5.41) is 2.96. The van der Waals surface area contributed by atoms with Crippen LogP contribution >= 0.6 is 0 Å². The zero-order chi connectivity index (χ0) is 17.8. The van der Waals surface area contributed by atoms with Crippen molar-refractivity contribution in [2.75, 3.05) is 13.1 Å². The molecular weight excluding hydrogens is 312 g/mol. The molecule has 1 aromatic carbocycles. The number of nitrogens with one attached hydrogen (secondary N) is 1. The molecule has 4 nitrogen and oxygen atoms in total. The zero-order valence-corrected chi connectivity index (χ0v) is 15.5. The highest BCUT2D eigenvalue weighted by Gasteiger charge is 2.33. The van der Waals surface area contributed by atoms with Gasteiger partial charge in [0.25, 0.3) is 0 Å². The maximum Gasteiger partial charge on any atom is 0.224 e. The lowest BCUT2D eigenvalue weighted by Gasteiger charge is -2.41. The summed E-state index contributed by atoms with van der Waals surface area (Å²) < 4.78 is 0. The van der Waals surface area contributed by atoms with Gasteiger partial charge in [-0.05, 0) is 37.2 Å². The first kappa shape index (κ1) is 18.0. The minimum Gasteiger partial charge on any atom is -0.349 e. The highest BCUT2D eigenvalue weighted by molar-refractivity contribution is 5.79. The van der Waals surface area contributed by atoms with Crippen molar-refractivity contribution >= 4 is 11.8 Å². The van der Waals surface area contributed by atoms with Crippen molar-refractivity contribution in [1.82, 2.24) is 10.2 Å². The fourth-order valence-electron chi connectivity index (χ4n) is 4.43. The highest BCUT2D eigenvalue weighted by Crippen LogP contribution is 2.36. The molecule has 25 heavy (non-hydrogen) atoms. The average Bonchev–Trinajstić information content (AvgIpc) is 2.61. The Kier molecular flexibility index (Phi) is 5.77. The van der Waals surface area contributed by atoms with Gasteiger partial charge in [-0.25, -0.2) is 0 Å². The molecule has 1 saturated carbocycles. The number of carbonyl (C=O) groups is 2. The number of likely N-dealkylation sites (tertiary alicyclic amines) is 1. The number of rotatable bonds is 4. The Bertz CT molecular complexity index is 611. The van der Waals surface area contributed by atoms with Crippen molar-refractivity contribution in [2.24, 2.45) is 11.8 Å². The summed E-state index contributed by atoms with van der Waals surface area (Å²) in [5.74, 6) is 1.58. The molecule has 3 unspecified atom stereocenters. The van der Waals surface area contributed by atoms with Crippen LogP contribution in [0.4, 0.5) is 0 Å². The Labute approximate surface area is 151 Å². The largest absolute Gasteiger partial charge is 0.349 e. The molecule has 2 fully saturated rings. The first-order chi connectivity index (χ1) is 12.0. The van der Waals surface area contributed by atoms with E-state index in [2.05, 4.69) is 5.32 Å². The van der Waals surface area contributed by atoms with Gasteiger partial charge in [0, 0.05) is 20.0 Å². The van der Waals surface area contributed by atoms with Gasteiger partial charge < -0.3 is 10.2 Å². The second-order valence-electron chi connectivity index (χ2n) is 7.80. The van der Waals surface area contributed by atoms with E-state index >= 15 is 0 Å². The Balaban J connectivity index is 1.65. The average molecular weight is 342 g/mol. The van der Waals surface area contributed by atoms with Crippen LogP contribution in [0.3, 0.4) is 0 Å². The van der Waals surface area contributed by atoms with E-state index in [-0.39, 0.29) is 17.9 Å². The maximum absolute atomic E-state index is 12.9. The molecule has 1 heterocycles. The SMILES string of the molecule is CC(=O)NC(CC(=O)N1CCC2CCCCC2C1)c1ccc(C)cc1. The number of piperidine rings is 1. The van der Waals surface area contributed by atoms with Crippen LogP contribution in [0.15, 0.2) is 24.3 Å². The van der Waals surface area contributed by atoms with Crippen molar-refractivity contribution in [3.8, 4) is 0 Å². The Morgan fingerprint density at radius 2 is 1.80 bits per heavy atom. The van der Waals surface area contributed by atoms with Gasteiger partial charge in [0.05, 0.1) is 12.5 Å². The summed E-state index contributed by atoms with van der Waals surface area (Å²) in [7, 11) is 0. The lowest BCUT2D eigenvalue weighted by atomic mass is 9.75. The second kappa shape index (κ2) is 8.03. The smallest absolute Gasteiger partial charge is 0.224 e. The summed E-state index contributed by atoms with van der Waals surface area (Å²) in [6.07, 6.45) is 6.76. The predicted molar refractivity (Wildman–Crippen MR) is 99.0 cm³/mol. The molecule has 3 rings (SSSR count). The first-order valence-electron chi connectivity index (χ1n) is 9.64. The van der Waals surface area contributed by atoms with Crippen LogP contribution in [0.2, 0.25) is 0 Å². The van der Waals surface area contributed by atoms with E-state index in [4.69, 9.17) is 0 Å². The van der Waals surface area contributed by atoms with E-state index in [0.717, 1.165) is 31.0 Å². The molecule has 1 aliphatic heterocycles. The molecule has 0 aromatic heterocycles. The molecule has 1 saturated heterocycles. The lowest BCUT2D eigenvalue weighted by molar-refractivity contribution is -0.135. The Hall–Kier alpha value is -1.84. The van der Waals surface area contributed by atoms with Gasteiger partial charge in [0.1, 0.15) is 0 Å². The summed E-state index contributed by atoms with van der Waals surface area (Å²) in [6.45, 7) is 5.33. The van der Waals surface area contributed by atoms with E-state index in [1.54, 1.807) is 0 Å². The third kappa shape index (κ3) is 4.62. The van der Waals surface area contributed by atoms with Crippen LogP contribution in [0.5, 0.6) is 0 Å². The van der Waals surface area contributed by atoms with E-state index in [1.165, 1.54) is 38.2 Å². The molecule has 0 radical (unpaired) electrons. The summed E-state index contributed by atoms with van der Waals surface area (Å²) >= 11 is 0. The molecule has 3 atom stereocenters. The second-order valence-corrected chi connectivity index (χ2v) is 7.80. The summed E-state index contributed by atoms with van der Waals surface area (Å²) in [6, 6.07) is 7.84. The van der Waals surface area contributed by atoms with E-state index in [1.807, 2.05) is 36.1 Å². The summed E-state index contributed by atoms with van der Waals surface area (Å²) in [5.41, 5.74) is 2.18. The zero-order valence-electron chi connectivity index (χ0n) is 15.5. The number of fused-ring (bicyclic) bond motifs is 1. The molecule has 4 heteroatoms. The number of carbonyl (C=O) groups excluding carboxylic acids is 2. The van der Waals surface area contributed by atoms with E-state index in [0.29, 0.717) is 12.3 Å². The van der Waals surface area contributed by atoms with Crippen molar-refractivity contribution in [3.63, 3.8) is 0 Å². The van der Waals surface area contributed by atoms with Crippen molar-refractivity contribution in [3.05, 3.63) is 35.4 Å². The van der Waals surface area contributed by atoms with Crippen LogP contribution in [-0.2, 0) is 9.59 Å². The monoisotopic (exact) mass is 342 g/mol. The van der Waals surface area contributed by atoms with Crippen LogP contribution < -0.4 is 5.32 Å². The molecular formula is C21H30N2O2. The van der Waals surface area contributed by atoms with Crippen LogP contribution in [0.1, 0.15) is 62.6 Å². The number of hydrogen-bond donors (Lipinski definition) is 1. The predicted octanol–water partition coefficient (Wildman–Crippen LogP) is 3.60. The number of nitrogens with zero attached hydrogens (tertiary/aromatic N) is 1. The number of aryl methyl sites for hydroxylation is 1. The number of benzene rings is 1. The molecule has 2 amide bonds. The Morgan fingerprint density at radius 3 is 2.48 bits per heavy atom. The molecule has 0 bridgehead atoms. The molecule has 0 spiro atoms. The topological polar surface area (TPSA) is 49.4 Å². The lowest BCUT2D eigenvalue weighted by Crippen LogP contribution is -2.45. The highest BCUT2D eigenvalue weighted by atomic mass is 16.2. The van der Waals surface area contributed by atoms with Gasteiger partial charge in [-0.1, -0.05) is 49.1 Å². The van der Waals surface area contributed by atoms with Gasteiger partial charge in [0.15, 0.2) is 0 Å². The third-order valence-electron chi connectivity index (χ3n) is 5.88. The quantitative estimate of drug-likeness (QED) is 0.909. The van der Waals surface area contributed by atoms with Gasteiger partial charge >= 0.3 is 0 Å². The minimum absolute atomic E-state index is 0.0932. The van der Waals surface area contributed by atoms with E-state index in [9.17, 15) is 9.59 Å². The first-order valence-corrected chi connectivity index (χ1v) is 9.64. The Morgan fingerprint density at radius 1 is 1.12 bits per heavy atom. The molecule has 1 aliphatic carbocycles. The van der Waals surface area contributed by atoms with Crippen molar-refractivity contribution in [2.45, 2.75) is 58.4 Å². The van der Waals surface area contributed by atoms with Crippen LogP contribution in [0, 0.1) is 18.8 Å². The van der Waals surface area contributed by atoms with Gasteiger partial charge in [0.2, 0.25) is 11.8 Å². The maximum atomic E-state index is 12.9.